The first-order valence-corrected chi connectivity index (χ1v) is 5.39. The van der Waals surface area contributed by atoms with Gasteiger partial charge in [-0.1, -0.05) is 0 Å². The largest absolute Gasteiger partial charge is 0.375 e. The van der Waals surface area contributed by atoms with E-state index in [-0.39, 0.29) is 11.8 Å². The normalized spacial score (nSPS) is 12.1. The maximum absolute atomic E-state index is 11.1. The van der Waals surface area contributed by atoms with Crippen LogP contribution in [0.25, 0.3) is 0 Å². The zero-order chi connectivity index (χ0) is 12.3. The van der Waals surface area contributed by atoms with Gasteiger partial charge < -0.3 is 5.32 Å². The van der Waals surface area contributed by atoms with E-state index in [0.29, 0.717) is 5.56 Å². The maximum atomic E-state index is 11.1. The molecular formula is C12H14N4O. The molecule has 2 aromatic rings. The predicted octanol–water partition coefficient (Wildman–Crippen LogP) is 2.18. The number of rotatable bonds is 4. The second-order valence-corrected chi connectivity index (χ2v) is 3.87. The third kappa shape index (κ3) is 2.69. The fourth-order valence-corrected chi connectivity index (χ4v) is 1.54. The number of anilines is 1. The molecule has 1 heterocycles. The molecule has 0 amide bonds. The lowest BCUT2D eigenvalue weighted by atomic mass is 10.1. The van der Waals surface area contributed by atoms with E-state index < -0.39 is 0 Å². The minimum atomic E-state index is 0.0423. The Morgan fingerprint density at radius 2 is 2.06 bits per heavy atom. The van der Waals surface area contributed by atoms with Gasteiger partial charge in [0.05, 0.1) is 6.04 Å². The third-order valence-corrected chi connectivity index (χ3v) is 2.52. The highest BCUT2D eigenvalue weighted by molar-refractivity contribution is 5.94. The highest BCUT2D eigenvalue weighted by Gasteiger charge is 2.07. The van der Waals surface area contributed by atoms with Gasteiger partial charge in [0.2, 0.25) is 0 Å². The van der Waals surface area contributed by atoms with E-state index in [4.69, 9.17) is 0 Å². The van der Waals surface area contributed by atoms with Crippen LogP contribution in [0.1, 0.15) is 36.1 Å². The summed E-state index contributed by atoms with van der Waals surface area (Å²) in [5, 5.41) is 9.88. The van der Waals surface area contributed by atoms with Crippen LogP contribution in [-0.2, 0) is 0 Å². The quantitative estimate of drug-likeness (QED) is 0.790. The van der Waals surface area contributed by atoms with Gasteiger partial charge in [0.25, 0.3) is 0 Å². The summed E-state index contributed by atoms with van der Waals surface area (Å²) in [5.74, 6) is 0.848. The predicted molar refractivity (Wildman–Crippen MR) is 64.9 cm³/mol. The van der Waals surface area contributed by atoms with Crippen LogP contribution in [0.15, 0.2) is 30.6 Å². The minimum absolute atomic E-state index is 0.0423. The van der Waals surface area contributed by atoms with Crippen molar-refractivity contribution in [3.05, 3.63) is 42.0 Å². The number of H-pyrrole nitrogens is 1. The van der Waals surface area contributed by atoms with Crippen molar-refractivity contribution in [3.8, 4) is 0 Å². The van der Waals surface area contributed by atoms with E-state index in [9.17, 15) is 4.79 Å². The minimum Gasteiger partial charge on any atom is -0.375 e. The average molecular weight is 230 g/mol. The average Bonchev–Trinajstić information content (AvgIpc) is 2.83. The van der Waals surface area contributed by atoms with Crippen LogP contribution in [-0.4, -0.2) is 21.0 Å². The molecule has 0 aliphatic heterocycles. The summed E-state index contributed by atoms with van der Waals surface area (Å²) < 4.78 is 0. The Kier molecular flexibility index (Phi) is 3.18. The molecule has 0 aliphatic rings. The highest BCUT2D eigenvalue weighted by atomic mass is 16.1. The Bertz CT molecular complexity index is 490. The van der Waals surface area contributed by atoms with Crippen molar-refractivity contribution in [1.82, 2.24) is 15.2 Å². The molecule has 0 spiro atoms. The smallest absolute Gasteiger partial charge is 0.159 e. The number of aromatic nitrogens is 3. The molecule has 2 rings (SSSR count). The molecule has 0 bridgehead atoms. The van der Waals surface area contributed by atoms with Crippen molar-refractivity contribution in [2.75, 3.05) is 5.32 Å². The van der Waals surface area contributed by atoms with Crippen molar-refractivity contribution in [1.29, 1.82) is 0 Å². The third-order valence-electron chi connectivity index (χ3n) is 2.52. The molecule has 5 nitrogen and oxygen atoms in total. The lowest BCUT2D eigenvalue weighted by molar-refractivity contribution is 0.101. The molecule has 17 heavy (non-hydrogen) atoms. The van der Waals surface area contributed by atoms with E-state index in [1.165, 1.54) is 6.33 Å². The molecule has 0 aliphatic carbocycles. The summed E-state index contributed by atoms with van der Waals surface area (Å²) in [6.07, 6.45) is 1.48. The second kappa shape index (κ2) is 4.78. The van der Waals surface area contributed by atoms with Crippen LogP contribution >= 0.6 is 0 Å². The topological polar surface area (TPSA) is 70.7 Å². The van der Waals surface area contributed by atoms with E-state index >= 15 is 0 Å². The van der Waals surface area contributed by atoms with E-state index in [1.54, 1.807) is 19.1 Å². The summed E-state index contributed by atoms with van der Waals surface area (Å²) in [7, 11) is 0. The zero-order valence-electron chi connectivity index (χ0n) is 9.77. The summed E-state index contributed by atoms with van der Waals surface area (Å²) in [6.45, 7) is 3.54. The number of carbonyl (C=O) groups is 1. The molecule has 0 saturated carbocycles. The number of nitrogens with one attached hydrogen (secondary N) is 2. The number of hydrogen-bond acceptors (Lipinski definition) is 4. The number of hydrogen-bond donors (Lipinski definition) is 2. The fourth-order valence-electron chi connectivity index (χ4n) is 1.54. The van der Waals surface area contributed by atoms with Gasteiger partial charge >= 0.3 is 0 Å². The van der Waals surface area contributed by atoms with E-state index in [2.05, 4.69) is 20.5 Å². The molecule has 0 fully saturated rings. The molecule has 88 valence electrons. The summed E-state index contributed by atoms with van der Waals surface area (Å²) in [5.41, 5.74) is 1.65. The van der Waals surface area contributed by atoms with Crippen LogP contribution in [0.3, 0.4) is 0 Å². The molecule has 0 saturated heterocycles. The molecule has 1 aromatic carbocycles. The number of nitrogens with zero attached hydrogens (tertiary/aromatic N) is 2. The summed E-state index contributed by atoms with van der Waals surface area (Å²) in [4.78, 5) is 15.2. The van der Waals surface area contributed by atoms with Gasteiger partial charge in [-0.25, -0.2) is 4.98 Å². The van der Waals surface area contributed by atoms with E-state index in [0.717, 1.165) is 11.5 Å². The lowest BCUT2D eigenvalue weighted by Crippen LogP contribution is -2.08. The Morgan fingerprint density at radius 3 is 2.59 bits per heavy atom. The molecule has 1 atom stereocenters. The second-order valence-electron chi connectivity index (χ2n) is 3.87. The molecule has 1 aromatic heterocycles. The zero-order valence-corrected chi connectivity index (χ0v) is 9.77. The van der Waals surface area contributed by atoms with Crippen LogP contribution in [0, 0.1) is 0 Å². The molecule has 5 heteroatoms. The highest BCUT2D eigenvalue weighted by Crippen LogP contribution is 2.16. The molecule has 1 unspecified atom stereocenters. The first kappa shape index (κ1) is 11.3. The van der Waals surface area contributed by atoms with Crippen LogP contribution in [0.2, 0.25) is 0 Å². The monoisotopic (exact) mass is 230 g/mol. The van der Waals surface area contributed by atoms with Gasteiger partial charge in [-0.2, -0.15) is 5.10 Å². The first-order valence-electron chi connectivity index (χ1n) is 5.39. The Hall–Kier alpha value is -2.17. The Balaban J connectivity index is 2.06. The first-order chi connectivity index (χ1) is 8.16. The molecule has 2 N–H and O–H groups in total. The van der Waals surface area contributed by atoms with Crippen molar-refractivity contribution in [3.63, 3.8) is 0 Å². The van der Waals surface area contributed by atoms with Gasteiger partial charge in [0, 0.05) is 11.3 Å². The summed E-state index contributed by atoms with van der Waals surface area (Å²) in [6, 6.07) is 7.41. The van der Waals surface area contributed by atoms with Gasteiger partial charge in [-0.3, -0.25) is 9.89 Å². The van der Waals surface area contributed by atoms with Crippen molar-refractivity contribution in [2.45, 2.75) is 19.9 Å². The fraction of sp³-hybridized carbons (Fsp3) is 0.250. The molecular weight excluding hydrogens is 216 g/mol. The van der Waals surface area contributed by atoms with Crippen molar-refractivity contribution >= 4 is 11.5 Å². The number of aromatic amines is 1. The van der Waals surface area contributed by atoms with Crippen LogP contribution in [0.5, 0.6) is 0 Å². The van der Waals surface area contributed by atoms with Crippen LogP contribution < -0.4 is 5.32 Å². The van der Waals surface area contributed by atoms with Gasteiger partial charge in [-0.15, -0.1) is 0 Å². The number of carbonyl (C=O) groups excluding carboxylic acids is 1. The Labute approximate surface area is 99.3 Å². The number of ketones is 1. The van der Waals surface area contributed by atoms with Crippen LogP contribution in [0.4, 0.5) is 5.69 Å². The summed E-state index contributed by atoms with van der Waals surface area (Å²) >= 11 is 0. The molecule has 0 radical (unpaired) electrons. The van der Waals surface area contributed by atoms with Gasteiger partial charge in [0.15, 0.2) is 5.78 Å². The van der Waals surface area contributed by atoms with Crippen molar-refractivity contribution in [2.24, 2.45) is 0 Å². The van der Waals surface area contributed by atoms with Gasteiger partial charge in [0.1, 0.15) is 12.2 Å². The van der Waals surface area contributed by atoms with Gasteiger partial charge in [-0.05, 0) is 38.1 Å². The number of benzene rings is 1. The lowest BCUT2D eigenvalue weighted by Gasteiger charge is -2.12. The van der Waals surface area contributed by atoms with E-state index in [1.807, 2.05) is 19.1 Å². The number of Topliss-reactive ketones (excluding diaryl/α,β-unsaturated/α-hetero) is 1. The van der Waals surface area contributed by atoms with Crippen molar-refractivity contribution < 1.29 is 4.79 Å². The maximum Gasteiger partial charge on any atom is 0.159 e. The SMILES string of the molecule is CC(=O)c1ccc(NC(C)c2ncn[nH]2)cc1. The Morgan fingerprint density at radius 1 is 1.35 bits per heavy atom. The standard InChI is InChI=1S/C12H14N4O/c1-8(12-13-7-14-16-12)15-11-5-3-10(4-6-11)9(2)17/h3-8,15H,1-2H3,(H,13,14,16).